The number of hydrogen-bond acceptors (Lipinski definition) is 3. The number of carbonyl (C=O) groups excluding carboxylic acids is 3. The zero-order valence-corrected chi connectivity index (χ0v) is 15.2. The van der Waals surface area contributed by atoms with Gasteiger partial charge in [0.2, 0.25) is 5.91 Å². The van der Waals surface area contributed by atoms with Crippen molar-refractivity contribution in [1.29, 1.82) is 0 Å². The molecule has 0 heterocycles. The molecule has 6 nitrogen and oxygen atoms in total. The van der Waals surface area contributed by atoms with Gasteiger partial charge in [-0.05, 0) is 55.7 Å². The van der Waals surface area contributed by atoms with Gasteiger partial charge in [-0.25, -0.2) is 0 Å². The number of hydrogen-bond donors (Lipinski definition) is 3. The molecule has 0 radical (unpaired) electrons. The van der Waals surface area contributed by atoms with Crippen LogP contribution in [0.1, 0.15) is 39.1 Å². The van der Waals surface area contributed by atoms with Crippen molar-refractivity contribution in [2.75, 3.05) is 18.4 Å². The van der Waals surface area contributed by atoms with Crippen LogP contribution in [0.15, 0.2) is 48.5 Å². The maximum absolute atomic E-state index is 12.2. The summed E-state index contributed by atoms with van der Waals surface area (Å²) in [5, 5.41) is 8.40. The quantitative estimate of drug-likeness (QED) is 0.659. The zero-order chi connectivity index (χ0) is 19.2. The lowest BCUT2D eigenvalue weighted by Gasteiger charge is -2.09. The van der Waals surface area contributed by atoms with Gasteiger partial charge in [0.05, 0.1) is 0 Å². The summed E-state index contributed by atoms with van der Waals surface area (Å²) >= 11 is 0. The van der Waals surface area contributed by atoms with E-state index in [1.165, 1.54) is 0 Å². The molecule has 1 fully saturated rings. The van der Waals surface area contributed by atoms with E-state index in [-0.39, 0.29) is 23.6 Å². The molecule has 3 N–H and O–H groups in total. The maximum atomic E-state index is 12.2. The Morgan fingerprint density at radius 3 is 2.15 bits per heavy atom. The molecule has 1 saturated carbocycles. The van der Waals surface area contributed by atoms with Crippen molar-refractivity contribution >= 4 is 23.4 Å². The van der Waals surface area contributed by atoms with Gasteiger partial charge in [0, 0.05) is 35.8 Å². The Kier molecular flexibility index (Phi) is 5.86. The summed E-state index contributed by atoms with van der Waals surface area (Å²) in [4.78, 5) is 36.0. The third-order valence-electron chi connectivity index (χ3n) is 4.45. The van der Waals surface area contributed by atoms with Crippen LogP contribution in [0.3, 0.4) is 0 Å². The van der Waals surface area contributed by atoms with E-state index >= 15 is 0 Å². The molecule has 3 rings (SSSR count). The average molecular weight is 365 g/mol. The summed E-state index contributed by atoms with van der Waals surface area (Å²) in [7, 11) is 0. The van der Waals surface area contributed by atoms with Gasteiger partial charge in [-0.3, -0.25) is 14.4 Å². The van der Waals surface area contributed by atoms with Crippen LogP contribution in [0.4, 0.5) is 5.69 Å². The highest BCUT2D eigenvalue weighted by Crippen LogP contribution is 2.30. The first-order valence-electron chi connectivity index (χ1n) is 9.07. The lowest BCUT2D eigenvalue weighted by atomic mass is 10.1. The minimum absolute atomic E-state index is 0.0385. The van der Waals surface area contributed by atoms with E-state index in [0.717, 1.165) is 18.4 Å². The van der Waals surface area contributed by atoms with Crippen molar-refractivity contribution in [2.24, 2.45) is 5.92 Å². The van der Waals surface area contributed by atoms with Gasteiger partial charge in [0.25, 0.3) is 11.8 Å². The van der Waals surface area contributed by atoms with E-state index in [4.69, 9.17) is 0 Å². The summed E-state index contributed by atoms with van der Waals surface area (Å²) in [6, 6.07) is 14.1. The third kappa shape index (κ3) is 5.17. The second-order valence-electron chi connectivity index (χ2n) is 6.67. The maximum Gasteiger partial charge on any atom is 0.251 e. The number of benzene rings is 2. The summed E-state index contributed by atoms with van der Waals surface area (Å²) in [5.74, 6) is -0.197. The van der Waals surface area contributed by atoms with Crippen LogP contribution in [0, 0.1) is 12.8 Å². The Bertz CT molecular complexity index is 842. The largest absolute Gasteiger partial charge is 0.350 e. The van der Waals surface area contributed by atoms with Gasteiger partial charge in [0.15, 0.2) is 0 Å². The second-order valence-corrected chi connectivity index (χ2v) is 6.67. The molecule has 0 atom stereocenters. The Morgan fingerprint density at radius 1 is 0.889 bits per heavy atom. The van der Waals surface area contributed by atoms with Crippen LogP contribution in [0.25, 0.3) is 0 Å². The van der Waals surface area contributed by atoms with Crippen molar-refractivity contribution < 1.29 is 14.4 Å². The molecule has 0 bridgehead atoms. The Morgan fingerprint density at radius 2 is 1.52 bits per heavy atom. The highest BCUT2D eigenvalue weighted by atomic mass is 16.2. The molecule has 140 valence electrons. The first-order chi connectivity index (χ1) is 13.0. The fraction of sp³-hybridized carbons (Fsp3) is 0.286. The Balaban J connectivity index is 1.42. The molecular formula is C21H23N3O3. The van der Waals surface area contributed by atoms with Gasteiger partial charge in [-0.15, -0.1) is 0 Å². The fourth-order valence-electron chi connectivity index (χ4n) is 2.67. The Hall–Kier alpha value is -3.15. The summed E-state index contributed by atoms with van der Waals surface area (Å²) < 4.78 is 0. The van der Waals surface area contributed by atoms with Crippen molar-refractivity contribution in [3.63, 3.8) is 0 Å². The fourth-order valence-corrected chi connectivity index (χ4v) is 2.67. The normalized spacial score (nSPS) is 12.9. The monoisotopic (exact) mass is 365 g/mol. The molecule has 1 aliphatic carbocycles. The first kappa shape index (κ1) is 18.6. The van der Waals surface area contributed by atoms with Gasteiger partial charge >= 0.3 is 0 Å². The van der Waals surface area contributed by atoms with Crippen LogP contribution in [-0.4, -0.2) is 30.8 Å². The van der Waals surface area contributed by atoms with E-state index in [1.54, 1.807) is 30.3 Å². The lowest BCUT2D eigenvalue weighted by molar-refractivity contribution is -0.117. The number of aryl methyl sites for hydroxylation is 1. The standard InChI is InChI=1S/C21H23N3O3/c1-14-4-2-3-5-18(14)21(27)23-13-12-22-19(25)15-8-10-17(11-9-15)24-20(26)16-6-7-16/h2-5,8-11,16H,6-7,12-13H2,1H3,(H,22,25)(H,23,27)(H,24,26). The van der Waals surface area contributed by atoms with E-state index in [0.29, 0.717) is 29.9 Å². The van der Waals surface area contributed by atoms with Crippen molar-refractivity contribution in [2.45, 2.75) is 19.8 Å². The van der Waals surface area contributed by atoms with Crippen molar-refractivity contribution in [3.05, 3.63) is 65.2 Å². The van der Waals surface area contributed by atoms with Gasteiger partial charge in [-0.1, -0.05) is 18.2 Å². The number of rotatable bonds is 7. The van der Waals surface area contributed by atoms with Crippen LogP contribution in [-0.2, 0) is 4.79 Å². The van der Waals surface area contributed by atoms with Crippen LogP contribution in [0.5, 0.6) is 0 Å². The minimum atomic E-state index is -0.222. The average Bonchev–Trinajstić information content (AvgIpc) is 3.51. The summed E-state index contributed by atoms with van der Waals surface area (Å²) in [5.41, 5.74) is 2.74. The molecule has 0 spiro atoms. The number of amides is 3. The number of anilines is 1. The van der Waals surface area contributed by atoms with Gasteiger partial charge in [-0.2, -0.15) is 0 Å². The van der Waals surface area contributed by atoms with E-state index in [2.05, 4.69) is 16.0 Å². The zero-order valence-electron chi connectivity index (χ0n) is 15.2. The predicted octanol–water partition coefficient (Wildman–Crippen LogP) is 2.50. The molecule has 0 saturated heterocycles. The molecule has 2 aromatic rings. The van der Waals surface area contributed by atoms with E-state index in [9.17, 15) is 14.4 Å². The highest BCUT2D eigenvalue weighted by Gasteiger charge is 2.29. The number of nitrogens with one attached hydrogen (secondary N) is 3. The smallest absolute Gasteiger partial charge is 0.251 e. The van der Waals surface area contributed by atoms with Gasteiger partial charge < -0.3 is 16.0 Å². The highest BCUT2D eigenvalue weighted by molar-refractivity contribution is 5.97. The summed E-state index contributed by atoms with van der Waals surface area (Å²) in [6.07, 6.45) is 1.90. The molecule has 1 aliphatic rings. The molecule has 0 aromatic heterocycles. The molecule has 0 aliphatic heterocycles. The molecular weight excluding hydrogens is 342 g/mol. The SMILES string of the molecule is Cc1ccccc1C(=O)NCCNC(=O)c1ccc(NC(=O)C2CC2)cc1. The number of carbonyl (C=O) groups is 3. The predicted molar refractivity (Wildman–Crippen MR) is 104 cm³/mol. The first-order valence-corrected chi connectivity index (χ1v) is 9.07. The van der Waals surface area contributed by atoms with Crippen molar-refractivity contribution in [3.8, 4) is 0 Å². The third-order valence-corrected chi connectivity index (χ3v) is 4.45. The molecule has 6 heteroatoms. The van der Waals surface area contributed by atoms with Crippen molar-refractivity contribution in [1.82, 2.24) is 10.6 Å². The molecule has 3 amide bonds. The lowest BCUT2D eigenvalue weighted by Crippen LogP contribution is -2.34. The second kappa shape index (κ2) is 8.49. The van der Waals surface area contributed by atoms with Crippen LogP contribution < -0.4 is 16.0 Å². The molecule has 27 heavy (non-hydrogen) atoms. The van der Waals surface area contributed by atoms with E-state index < -0.39 is 0 Å². The minimum Gasteiger partial charge on any atom is -0.350 e. The summed E-state index contributed by atoms with van der Waals surface area (Å²) in [6.45, 7) is 2.55. The van der Waals surface area contributed by atoms with Crippen LogP contribution >= 0.6 is 0 Å². The molecule has 0 unspecified atom stereocenters. The van der Waals surface area contributed by atoms with E-state index in [1.807, 2.05) is 25.1 Å². The topological polar surface area (TPSA) is 87.3 Å². The van der Waals surface area contributed by atoms with Crippen LogP contribution in [0.2, 0.25) is 0 Å². The van der Waals surface area contributed by atoms with Gasteiger partial charge in [0.1, 0.15) is 0 Å². The Labute approximate surface area is 158 Å². The molecule has 2 aromatic carbocycles.